The Hall–Kier alpha value is -1.86. The van der Waals surface area contributed by atoms with Gasteiger partial charge in [0.15, 0.2) is 0 Å². The number of hydrogen-bond donors (Lipinski definition) is 0. The van der Waals surface area contributed by atoms with Gasteiger partial charge in [0.2, 0.25) is 0 Å². The average molecular weight is 336 g/mol. The zero-order valence-electron chi connectivity index (χ0n) is 14.9. The lowest BCUT2D eigenvalue weighted by atomic mass is 10.1. The minimum Gasteiger partial charge on any atom is -0.439 e. The average Bonchev–Trinajstić information content (AvgIpc) is 2.61. The van der Waals surface area contributed by atoms with E-state index in [9.17, 15) is 0 Å². The second-order valence-electron chi connectivity index (χ2n) is 5.42. The lowest BCUT2D eigenvalue weighted by Crippen LogP contribution is -2.36. The smallest absolute Gasteiger partial charge is 0.323 e. The Morgan fingerprint density at radius 3 is 1.29 bits per heavy atom. The van der Waals surface area contributed by atoms with Crippen LogP contribution in [-0.2, 0) is 18.9 Å². The number of ether oxygens (including phenoxy) is 6. The minimum atomic E-state index is -1.15. The summed E-state index contributed by atoms with van der Waals surface area (Å²) in [5.41, 5.74) is 0. The number of hydrogen-bond acceptors (Lipinski definition) is 6. The molecule has 0 N–H and O–H groups in total. The van der Waals surface area contributed by atoms with E-state index in [2.05, 4.69) is 0 Å². The third-order valence-corrected chi connectivity index (χ3v) is 3.87. The van der Waals surface area contributed by atoms with Crippen LogP contribution < -0.4 is 9.47 Å². The van der Waals surface area contributed by atoms with Gasteiger partial charge in [0, 0.05) is 42.3 Å². The summed E-state index contributed by atoms with van der Waals surface area (Å²) < 4.78 is 32.4. The van der Waals surface area contributed by atoms with Gasteiger partial charge in [0.05, 0.1) is 0 Å². The highest BCUT2D eigenvalue weighted by atomic mass is 16.9. The summed E-state index contributed by atoms with van der Waals surface area (Å²) in [5, 5.41) is 1.98. The van der Waals surface area contributed by atoms with Crippen molar-refractivity contribution in [1.82, 2.24) is 0 Å². The Bertz CT molecular complexity index is 622. The molecule has 0 aliphatic carbocycles. The van der Waals surface area contributed by atoms with E-state index in [1.165, 1.54) is 28.4 Å². The summed E-state index contributed by atoms with van der Waals surface area (Å²) in [7, 11) is 6.08. The molecule has 0 radical (unpaired) electrons. The van der Waals surface area contributed by atoms with E-state index in [1.807, 2.05) is 36.4 Å². The molecule has 24 heavy (non-hydrogen) atoms. The first-order valence-corrected chi connectivity index (χ1v) is 7.49. The number of rotatable bonds is 8. The molecule has 2 aromatic carbocycles. The van der Waals surface area contributed by atoms with Gasteiger partial charge in [-0.15, -0.1) is 0 Å². The van der Waals surface area contributed by atoms with Crippen molar-refractivity contribution in [3.05, 3.63) is 36.4 Å². The van der Waals surface area contributed by atoms with Gasteiger partial charge < -0.3 is 28.4 Å². The van der Waals surface area contributed by atoms with Crippen LogP contribution in [0.2, 0.25) is 0 Å². The molecular formula is C18H24O6. The van der Waals surface area contributed by atoms with Crippen LogP contribution in [0.1, 0.15) is 13.8 Å². The van der Waals surface area contributed by atoms with Crippen LogP contribution in [0.15, 0.2) is 36.4 Å². The topological polar surface area (TPSA) is 55.4 Å². The largest absolute Gasteiger partial charge is 0.439 e. The first-order valence-electron chi connectivity index (χ1n) is 7.49. The lowest BCUT2D eigenvalue weighted by Gasteiger charge is -2.27. The molecule has 132 valence electrons. The zero-order chi connectivity index (χ0) is 17.8. The minimum absolute atomic E-state index is 0.618. The maximum absolute atomic E-state index is 5.76. The van der Waals surface area contributed by atoms with E-state index in [0.717, 1.165) is 10.8 Å². The maximum Gasteiger partial charge on any atom is 0.323 e. The second-order valence-corrected chi connectivity index (χ2v) is 5.42. The van der Waals surface area contributed by atoms with Crippen molar-refractivity contribution in [3.8, 4) is 11.5 Å². The number of benzene rings is 2. The van der Waals surface area contributed by atoms with Crippen molar-refractivity contribution in [2.75, 3.05) is 28.4 Å². The van der Waals surface area contributed by atoms with Crippen molar-refractivity contribution >= 4 is 10.8 Å². The van der Waals surface area contributed by atoms with Gasteiger partial charge in [-0.25, -0.2) is 0 Å². The first-order chi connectivity index (χ1) is 11.4. The Morgan fingerprint density at radius 1 is 0.583 bits per heavy atom. The molecule has 0 bridgehead atoms. The van der Waals surface area contributed by atoms with Crippen LogP contribution in [0.5, 0.6) is 11.5 Å². The predicted molar refractivity (Wildman–Crippen MR) is 90.1 cm³/mol. The molecule has 6 heteroatoms. The SMILES string of the molecule is COC(C)(OC)Oc1ccc2ccc(OC(C)(OC)OC)cc2c1. The highest BCUT2D eigenvalue weighted by Crippen LogP contribution is 2.29. The van der Waals surface area contributed by atoms with Crippen molar-refractivity contribution in [1.29, 1.82) is 0 Å². The Morgan fingerprint density at radius 2 is 0.958 bits per heavy atom. The van der Waals surface area contributed by atoms with Crippen LogP contribution in [0.3, 0.4) is 0 Å². The van der Waals surface area contributed by atoms with Crippen LogP contribution in [-0.4, -0.2) is 40.4 Å². The van der Waals surface area contributed by atoms with Gasteiger partial charge in [0.1, 0.15) is 11.5 Å². The van der Waals surface area contributed by atoms with E-state index < -0.39 is 11.9 Å². The molecule has 0 aliphatic heterocycles. The summed E-state index contributed by atoms with van der Waals surface area (Å²) in [6, 6.07) is 11.4. The van der Waals surface area contributed by atoms with Gasteiger partial charge in [-0.3, -0.25) is 0 Å². The predicted octanol–water partition coefficient (Wildman–Crippen LogP) is 3.53. The number of methoxy groups -OCH3 is 4. The fourth-order valence-electron chi connectivity index (χ4n) is 2.09. The Kier molecular flexibility index (Phi) is 5.66. The van der Waals surface area contributed by atoms with E-state index >= 15 is 0 Å². The summed E-state index contributed by atoms with van der Waals surface area (Å²) in [4.78, 5) is 0. The van der Waals surface area contributed by atoms with Crippen molar-refractivity contribution in [2.24, 2.45) is 0 Å². The van der Waals surface area contributed by atoms with E-state index in [0.29, 0.717) is 11.5 Å². The molecule has 0 atom stereocenters. The van der Waals surface area contributed by atoms with Gasteiger partial charge in [-0.2, -0.15) is 0 Å². The van der Waals surface area contributed by atoms with Gasteiger partial charge >= 0.3 is 11.9 Å². The van der Waals surface area contributed by atoms with Gasteiger partial charge in [-0.05, 0) is 35.0 Å². The molecule has 0 aliphatic rings. The number of fused-ring (bicyclic) bond motifs is 1. The third kappa shape index (κ3) is 4.15. The molecule has 0 spiro atoms. The van der Waals surface area contributed by atoms with Crippen LogP contribution in [0.25, 0.3) is 10.8 Å². The quantitative estimate of drug-likeness (QED) is 0.688. The third-order valence-electron chi connectivity index (χ3n) is 3.87. The lowest BCUT2D eigenvalue weighted by molar-refractivity contribution is -0.309. The summed E-state index contributed by atoms with van der Waals surface area (Å²) >= 11 is 0. The highest BCUT2D eigenvalue weighted by molar-refractivity contribution is 5.85. The molecule has 2 aromatic rings. The summed E-state index contributed by atoms with van der Waals surface area (Å²) in [6.45, 7) is 3.39. The van der Waals surface area contributed by atoms with E-state index in [-0.39, 0.29) is 0 Å². The molecule has 6 nitrogen and oxygen atoms in total. The second kappa shape index (κ2) is 7.36. The van der Waals surface area contributed by atoms with Crippen LogP contribution >= 0.6 is 0 Å². The summed E-state index contributed by atoms with van der Waals surface area (Å²) in [6.07, 6.45) is 0. The molecule has 0 amide bonds. The molecule has 0 saturated heterocycles. The van der Waals surface area contributed by atoms with Gasteiger partial charge in [0.25, 0.3) is 0 Å². The Labute approximate surface area is 142 Å². The fourth-order valence-corrected chi connectivity index (χ4v) is 2.09. The molecule has 0 fully saturated rings. The van der Waals surface area contributed by atoms with Crippen molar-refractivity contribution in [2.45, 2.75) is 25.8 Å². The molecule has 0 heterocycles. The highest BCUT2D eigenvalue weighted by Gasteiger charge is 2.26. The van der Waals surface area contributed by atoms with Crippen molar-refractivity contribution < 1.29 is 28.4 Å². The molecular weight excluding hydrogens is 312 g/mol. The molecule has 0 saturated carbocycles. The molecule has 0 unspecified atom stereocenters. The van der Waals surface area contributed by atoms with Crippen LogP contribution in [0.4, 0.5) is 0 Å². The standard InChI is InChI=1S/C18H24O6/c1-17(19-3,20-4)23-15-9-7-13-8-10-16(12-14(13)11-15)24-18(2,21-5)22-6/h7-12H,1-6H3. The van der Waals surface area contributed by atoms with Crippen molar-refractivity contribution in [3.63, 3.8) is 0 Å². The fraction of sp³-hybridized carbons (Fsp3) is 0.444. The monoisotopic (exact) mass is 336 g/mol. The normalized spacial score (nSPS) is 12.4. The molecule has 2 rings (SSSR count). The zero-order valence-corrected chi connectivity index (χ0v) is 14.9. The summed E-state index contributed by atoms with van der Waals surface area (Å²) in [5.74, 6) is -1.06. The van der Waals surface area contributed by atoms with E-state index in [1.54, 1.807) is 13.8 Å². The maximum atomic E-state index is 5.76. The van der Waals surface area contributed by atoms with Gasteiger partial charge in [-0.1, -0.05) is 12.1 Å². The molecule has 0 aromatic heterocycles. The van der Waals surface area contributed by atoms with Crippen LogP contribution in [0, 0.1) is 0 Å². The Balaban J connectivity index is 2.30. The van der Waals surface area contributed by atoms with E-state index in [4.69, 9.17) is 28.4 Å². The first kappa shape index (κ1) is 18.5.